The molecule has 0 spiro atoms. The van der Waals surface area contributed by atoms with E-state index in [1.165, 1.54) is 12.1 Å². The third kappa shape index (κ3) is 3.02. The minimum atomic E-state index is -1.03. The first-order valence-electron chi connectivity index (χ1n) is 3.50. The van der Waals surface area contributed by atoms with Gasteiger partial charge >= 0.3 is 5.97 Å². The van der Waals surface area contributed by atoms with E-state index in [-0.39, 0.29) is 12.2 Å². The molecule has 5 heteroatoms. The van der Waals surface area contributed by atoms with Crippen LogP contribution in [0.25, 0.3) is 0 Å². The largest absolute Gasteiger partial charge is 0.480 e. The molecular weight excluding hydrogens is 241 g/mol. The zero-order valence-corrected chi connectivity index (χ0v) is 8.14. The second-order valence-corrected chi connectivity index (χ2v) is 3.29. The SMILES string of the molecule is O=C(O)CNc1ccc(Br)cc1F. The molecule has 0 amide bonds. The van der Waals surface area contributed by atoms with Crippen LogP contribution >= 0.6 is 15.9 Å². The molecule has 0 saturated carbocycles. The smallest absolute Gasteiger partial charge is 0.322 e. The number of benzene rings is 1. The highest BCUT2D eigenvalue weighted by atomic mass is 79.9. The van der Waals surface area contributed by atoms with Gasteiger partial charge in [0.25, 0.3) is 0 Å². The lowest BCUT2D eigenvalue weighted by Gasteiger charge is -2.04. The van der Waals surface area contributed by atoms with Crippen LogP contribution in [0.1, 0.15) is 0 Å². The van der Waals surface area contributed by atoms with Crippen molar-refractivity contribution >= 4 is 27.6 Å². The first-order valence-corrected chi connectivity index (χ1v) is 4.29. The van der Waals surface area contributed by atoms with Crippen LogP contribution in [0.4, 0.5) is 10.1 Å². The number of hydrogen-bond acceptors (Lipinski definition) is 2. The molecule has 1 aromatic carbocycles. The lowest BCUT2D eigenvalue weighted by atomic mass is 10.3. The topological polar surface area (TPSA) is 49.3 Å². The third-order valence-corrected chi connectivity index (χ3v) is 1.85. The summed E-state index contributed by atoms with van der Waals surface area (Å²) in [6.45, 7) is -0.293. The molecule has 0 radical (unpaired) electrons. The summed E-state index contributed by atoms with van der Waals surface area (Å²) in [5.41, 5.74) is 0.186. The van der Waals surface area contributed by atoms with Crippen molar-refractivity contribution in [1.82, 2.24) is 0 Å². The van der Waals surface area contributed by atoms with Crippen LogP contribution in [0.2, 0.25) is 0 Å². The second kappa shape index (κ2) is 4.23. The molecule has 1 aromatic rings. The summed E-state index contributed by atoms with van der Waals surface area (Å²) >= 11 is 3.09. The molecule has 0 bridgehead atoms. The molecule has 0 fully saturated rings. The summed E-state index contributed by atoms with van der Waals surface area (Å²) in [7, 11) is 0. The van der Waals surface area contributed by atoms with Gasteiger partial charge in [-0.15, -0.1) is 0 Å². The van der Waals surface area contributed by atoms with E-state index >= 15 is 0 Å². The van der Waals surface area contributed by atoms with Crippen LogP contribution < -0.4 is 5.32 Å². The number of halogens is 2. The molecular formula is C8H7BrFNO2. The standard InChI is InChI=1S/C8H7BrFNO2/c9-5-1-2-7(6(10)3-5)11-4-8(12)13/h1-3,11H,4H2,(H,12,13). The Bertz CT molecular complexity index is 330. The normalized spacial score (nSPS) is 9.69. The van der Waals surface area contributed by atoms with Crippen LogP contribution in [-0.2, 0) is 4.79 Å². The number of carboxylic acid groups (broad SMARTS) is 1. The molecule has 1 rings (SSSR count). The van der Waals surface area contributed by atoms with Gasteiger partial charge < -0.3 is 10.4 Å². The fraction of sp³-hybridized carbons (Fsp3) is 0.125. The minimum Gasteiger partial charge on any atom is -0.480 e. The zero-order valence-electron chi connectivity index (χ0n) is 6.55. The molecule has 0 aliphatic carbocycles. The average molecular weight is 248 g/mol. The van der Waals surface area contributed by atoms with E-state index in [1.54, 1.807) is 6.07 Å². The Kier molecular flexibility index (Phi) is 3.25. The van der Waals surface area contributed by atoms with E-state index in [1.807, 2.05) is 0 Å². The highest BCUT2D eigenvalue weighted by Crippen LogP contribution is 2.18. The van der Waals surface area contributed by atoms with E-state index in [9.17, 15) is 9.18 Å². The maximum Gasteiger partial charge on any atom is 0.322 e. The van der Waals surface area contributed by atoms with Crippen molar-refractivity contribution in [2.75, 3.05) is 11.9 Å². The van der Waals surface area contributed by atoms with Gasteiger partial charge in [0.05, 0.1) is 5.69 Å². The van der Waals surface area contributed by atoms with Crippen molar-refractivity contribution in [3.05, 3.63) is 28.5 Å². The summed E-state index contributed by atoms with van der Waals surface area (Å²) in [4.78, 5) is 10.2. The first kappa shape index (κ1) is 9.98. The quantitative estimate of drug-likeness (QED) is 0.860. The fourth-order valence-corrected chi connectivity index (χ4v) is 1.14. The van der Waals surface area contributed by atoms with Gasteiger partial charge in [0.1, 0.15) is 12.4 Å². The van der Waals surface area contributed by atoms with Gasteiger partial charge in [-0.3, -0.25) is 4.79 Å². The molecule has 0 aliphatic heterocycles. The summed E-state index contributed by atoms with van der Waals surface area (Å²) in [6, 6.07) is 4.37. The summed E-state index contributed by atoms with van der Waals surface area (Å²) in [5.74, 6) is -1.50. The Balaban J connectivity index is 2.72. The van der Waals surface area contributed by atoms with Crippen molar-refractivity contribution in [2.24, 2.45) is 0 Å². The molecule has 0 aliphatic rings. The zero-order chi connectivity index (χ0) is 9.84. The number of aliphatic carboxylic acids is 1. The Morgan fingerprint density at radius 2 is 2.31 bits per heavy atom. The number of carboxylic acids is 1. The van der Waals surface area contributed by atoms with Crippen LogP contribution in [0.15, 0.2) is 22.7 Å². The number of carbonyl (C=O) groups is 1. The molecule has 2 N–H and O–H groups in total. The lowest BCUT2D eigenvalue weighted by Crippen LogP contribution is -2.13. The molecule has 0 unspecified atom stereocenters. The predicted octanol–water partition coefficient (Wildman–Crippen LogP) is 2.08. The van der Waals surface area contributed by atoms with Crippen LogP contribution in [0.5, 0.6) is 0 Å². The number of nitrogens with one attached hydrogen (secondary N) is 1. The molecule has 0 saturated heterocycles. The molecule has 3 nitrogen and oxygen atoms in total. The van der Waals surface area contributed by atoms with Crippen molar-refractivity contribution in [3.63, 3.8) is 0 Å². The van der Waals surface area contributed by atoms with Crippen LogP contribution in [-0.4, -0.2) is 17.6 Å². The third-order valence-electron chi connectivity index (χ3n) is 1.36. The summed E-state index contributed by atoms with van der Waals surface area (Å²) < 4.78 is 13.6. The van der Waals surface area contributed by atoms with E-state index in [2.05, 4.69) is 21.2 Å². The number of anilines is 1. The van der Waals surface area contributed by atoms with Crippen LogP contribution in [0, 0.1) is 5.82 Å². The highest BCUT2D eigenvalue weighted by molar-refractivity contribution is 9.10. The lowest BCUT2D eigenvalue weighted by molar-refractivity contribution is -0.134. The van der Waals surface area contributed by atoms with Crippen LogP contribution in [0.3, 0.4) is 0 Å². The first-order chi connectivity index (χ1) is 6.09. The maximum atomic E-state index is 13.0. The monoisotopic (exact) mass is 247 g/mol. The average Bonchev–Trinajstić information content (AvgIpc) is 2.02. The Morgan fingerprint density at radius 3 is 2.85 bits per heavy atom. The van der Waals surface area contributed by atoms with E-state index in [4.69, 9.17) is 5.11 Å². The van der Waals surface area contributed by atoms with E-state index in [0.717, 1.165) is 0 Å². The Labute approximate surface area is 82.7 Å². The molecule has 0 atom stereocenters. The molecule has 0 aromatic heterocycles. The van der Waals surface area contributed by atoms with Gasteiger partial charge in [0.15, 0.2) is 0 Å². The van der Waals surface area contributed by atoms with Crippen molar-refractivity contribution in [1.29, 1.82) is 0 Å². The summed E-state index contributed by atoms with van der Waals surface area (Å²) in [5, 5.41) is 10.8. The summed E-state index contributed by atoms with van der Waals surface area (Å²) in [6.07, 6.45) is 0. The minimum absolute atomic E-state index is 0.186. The second-order valence-electron chi connectivity index (χ2n) is 2.37. The van der Waals surface area contributed by atoms with E-state index in [0.29, 0.717) is 4.47 Å². The van der Waals surface area contributed by atoms with E-state index < -0.39 is 11.8 Å². The Hall–Kier alpha value is -1.10. The van der Waals surface area contributed by atoms with Gasteiger partial charge in [0.2, 0.25) is 0 Å². The number of hydrogen-bond donors (Lipinski definition) is 2. The predicted molar refractivity (Wildman–Crippen MR) is 50.2 cm³/mol. The number of rotatable bonds is 3. The van der Waals surface area contributed by atoms with Crippen molar-refractivity contribution in [3.8, 4) is 0 Å². The van der Waals surface area contributed by atoms with Gasteiger partial charge in [-0.2, -0.15) is 0 Å². The van der Waals surface area contributed by atoms with Gasteiger partial charge in [-0.25, -0.2) is 4.39 Å². The van der Waals surface area contributed by atoms with Gasteiger partial charge in [0, 0.05) is 4.47 Å². The highest BCUT2D eigenvalue weighted by Gasteiger charge is 2.03. The van der Waals surface area contributed by atoms with Crippen molar-refractivity contribution in [2.45, 2.75) is 0 Å². The molecule has 70 valence electrons. The maximum absolute atomic E-state index is 13.0. The van der Waals surface area contributed by atoms with Gasteiger partial charge in [-0.1, -0.05) is 15.9 Å². The molecule has 0 heterocycles. The van der Waals surface area contributed by atoms with Crippen molar-refractivity contribution < 1.29 is 14.3 Å². The van der Waals surface area contributed by atoms with Gasteiger partial charge in [-0.05, 0) is 18.2 Å². The fourth-order valence-electron chi connectivity index (χ4n) is 0.804. The molecule has 13 heavy (non-hydrogen) atoms. The Morgan fingerprint density at radius 1 is 1.62 bits per heavy atom.